The highest BCUT2D eigenvalue weighted by Crippen LogP contribution is 2.16. The van der Waals surface area contributed by atoms with E-state index in [1.54, 1.807) is 36.4 Å². The van der Waals surface area contributed by atoms with Gasteiger partial charge in [0.15, 0.2) is 0 Å². The van der Waals surface area contributed by atoms with Crippen molar-refractivity contribution in [2.45, 2.75) is 32.2 Å². The standard InChI is InChI=1S/C29H32F2N2O5/c1-20-2-4-21(5-3-20)14-17-37-24-12-8-23(9-13-24)28(35)33-26(29(36)32-15-16-34)18-22-6-10-25(11-7-22)38-19-27(30)31/h2-13,26-27,34H,14-19H2,1H3,(H,32,36)(H,33,35). The van der Waals surface area contributed by atoms with Crippen molar-refractivity contribution in [3.8, 4) is 11.5 Å². The van der Waals surface area contributed by atoms with E-state index in [1.165, 1.54) is 23.3 Å². The van der Waals surface area contributed by atoms with Crippen LogP contribution in [-0.2, 0) is 17.6 Å². The van der Waals surface area contributed by atoms with Gasteiger partial charge in [0.2, 0.25) is 5.91 Å². The summed E-state index contributed by atoms with van der Waals surface area (Å²) in [5.41, 5.74) is 3.42. The second-order valence-corrected chi connectivity index (χ2v) is 8.70. The summed E-state index contributed by atoms with van der Waals surface area (Å²) in [4.78, 5) is 25.6. The van der Waals surface area contributed by atoms with Gasteiger partial charge in [-0.2, -0.15) is 0 Å². The number of rotatable bonds is 14. The van der Waals surface area contributed by atoms with Gasteiger partial charge in [0.25, 0.3) is 12.3 Å². The van der Waals surface area contributed by atoms with E-state index in [9.17, 15) is 18.4 Å². The third kappa shape index (κ3) is 9.48. The summed E-state index contributed by atoms with van der Waals surface area (Å²) in [6.07, 6.45) is -1.67. The fourth-order valence-electron chi connectivity index (χ4n) is 3.61. The Morgan fingerprint density at radius 2 is 1.47 bits per heavy atom. The molecule has 0 bridgehead atoms. The molecule has 2 amide bonds. The van der Waals surface area contributed by atoms with Crippen LogP contribution in [0.25, 0.3) is 0 Å². The van der Waals surface area contributed by atoms with Crippen LogP contribution >= 0.6 is 0 Å². The first kappa shape index (κ1) is 28.6. The Hall–Kier alpha value is -3.98. The minimum absolute atomic E-state index is 0.0419. The van der Waals surface area contributed by atoms with Gasteiger partial charge < -0.3 is 25.2 Å². The van der Waals surface area contributed by atoms with E-state index < -0.39 is 30.9 Å². The molecule has 3 N–H and O–H groups in total. The van der Waals surface area contributed by atoms with Crippen molar-refractivity contribution >= 4 is 11.8 Å². The number of hydrogen-bond acceptors (Lipinski definition) is 5. The first-order valence-corrected chi connectivity index (χ1v) is 12.3. The molecular formula is C29H32F2N2O5. The third-order valence-electron chi connectivity index (χ3n) is 5.67. The monoisotopic (exact) mass is 526 g/mol. The number of amides is 2. The van der Waals surface area contributed by atoms with Crippen molar-refractivity contribution in [2.24, 2.45) is 0 Å². The van der Waals surface area contributed by atoms with Crippen molar-refractivity contribution in [1.82, 2.24) is 10.6 Å². The van der Waals surface area contributed by atoms with Crippen LogP contribution in [0, 0.1) is 6.92 Å². The van der Waals surface area contributed by atoms with E-state index in [0.717, 1.165) is 6.42 Å². The molecule has 3 aromatic rings. The molecule has 7 nitrogen and oxygen atoms in total. The average molecular weight is 527 g/mol. The summed E-state index contributed by atoms with van der Waals surface area (Å²) in [6.45, 7) is 1.62. The SMILES string of the molecule is Cc1ccc(CCOc2ccc(C(=O)NC(Cc3ccc(OCC(F)F)cc3)C(=O)NCCO)cc2)cc1. The van der Waals surface area contributed by atoms with E-state index in [1.807, 2.05) is 6.92 Å². The summed E-state index contributed by atoms with van der Waals surface area (Å²) in [5.74, 6) is -0.000630. The second-order valence-electron chi connectivity index (χ2n) is 8.70. The zero-order valence-corrected chi connectivity index (χ0v) is 21.2. The molecule has 0 radical (unpaired) electrons. The topological polar surface area (TPSA) is 96.9 Å². The number of carbonyl (C=O) groups is 2. The van der Waals surface area contributed by atoms with Crippen LogP contribution in [0.3, 0.4) is 0 Å². The van der Waals surface area contributed by atoms with Gasteiger partial charge in [-0.25, -0.2) is 8.78 Å². The normalized spacial score (nSPS) is 11.6. The number of aliphatic hydroxyl groups is 1. The van der Waals surface area contributed by atoms with E-state index in [2.05, 4.69) is 34.9 Å². The van der Waals surface area contributed by atoms with Crippen molar-refractivity contribution in [2.75, 3.05) is 26.4 Å². The zero-order chi connectivity index (χ0) is 27.3. The lowest BCUT2D eigenvalue weighted by Gasteiger charge is -2.19. The molecule has 0 aliphatic heterocycles. The van der Waals surface area contributed by atoms with Crippen LogP contribution in [0.2, 0.25) is 0 Å². The first-order valence-electron chi connectivity index (χ1n) is 12.3. The molecule has 1 atom stereocenters. The summed E-state index contributed by atoms with van der Waals surface area (Å²) >= 11 is 0. The average Bonchev–Trinajstić information content (AvgIpc) is 2.92. The minimum atomic E-state index is -2.58. The molecule has 38 heavy (non-hydrogen) atoms. The van der Waals surface area contributed by atoms with Gasteiger partial charge in [-0.05, 0) is 54.4 Å². The first-order chi connectivity index (χ1) is 18.3. The van der Waals surface area contributed by atoms with Gasteiger partial charge in [0, 0.05) is 24.9 Å². The Labute approximate surface area is 220 Å². The van der Waals surface area contributed by atoms with Crippen LogP contribution in [-0.4, -0.2) is 55.8 Å². The van der Waals surface area contributed by atoms with E-state index in [0.29, 0.717) is 23.5 Å². The summed E-state index contributed by atoms with van der Waals surface area (Å²) < 4.78 is 35.4. The van der Waals surface area contributed by atoms with Gasteiger partial charge in [-0.15, -0.1) is 0 Å². The fraction of sp³-hybridized carbons (Fsp3) is 0.310. The Balaban J connectivity index is 1.58. The number of aryl methyl sites for hydroxylation is 1. The number of benzene rings is 3. The maximum Gasteiger partial charge on any atom is 0.272 e. The number of nitrogens with one attached hydrogen (secondary N) is 2. The predicted octanol–water partition coefficient (Wildman–Crippen LogP) is 3.71. The Morgan fingerprint density at radius 3 is 2.11 bits per heavy atom. The van der Waals surface area contributed by atoms with Gasteiger partial charge in [0.05, 0.1) is 13.2 Å². The Kier molecular flexibility index (Phi) is 11.0. The van der Waals surface area contributed by atoms with Gasteiger partial charge in [-0.1, -0.05) is 42.0 Å². The maximum absolute atomic E-state index is 12.9. The van der Waals surface area contributed by atoms with Crippen LogP contribution in [0.4, 0.5) is 8.78 Å². The van der Waals surface area contributed by atoms with Gasteiger partial charge >= 0.3 is 0 Å². The summed E-state index contributed by atoms with van der Waals surface area (Å²) in [6, 6.07) is 20.3. The fourth-order valence-corrected chi connectivity index (χ4v) is 3.61. The number of halogens is 2. The largest absolute Gasteiger partial charge is 0.493 e. The zero-order valence-electron chi connectivity index (χ0n) is 21.2. The maximum atomic E-state index is 12.9. The Bertz CT molecular complexity index is 1150. The number of carbonyl (C=O) groups excluding carboxylic acids is 2. The highest BCUT2D eigenvalue weighted by Gasteiger charge is 2.22. The molecule has 0 aliphatic carbocycles. The van der Waals surface area contributed by atoms with Crippen LogP contribution in [0.1, 0.15) is 27.0 Å². The van der Waals surface area contributed by atoms with Crippen molar-refractivity contribution < 1.29 is 33.0 Å². The summed E-state index contributed by atoms with van der Waals surface area (Å²) in [5, 5.41) is 14.3. The minimum Gasteiger partial charge on any atom is -0.493 e. The smallest absolute Gasteiger partial charge is 0.272 e. The molecule has 9 heteroatoms. The van der Waals surface area contributed by atoms with Crippen LogP contribution in [0.15, 0.2) is 72.8 Å². The molecule has 0 aliphatic rings. The number of alkyl halides is 2. The molecule has 0 saturated carbocycles. The van der Waals surface area contributed by atoms with Crippen molar-refractivity contribution in [3.05, 3.63) is 95.1 Å². The highest BCUT2D eigenvalue weighted by atomic mass is 19.3. The third-order valence-corrected chi connectivity index (χ3v) is 5.67. The quantitative estimate of drug-likeness (QED) is 0.298. The molecule has 0 aromatic heterocycles. The van der Waals surface area contributed by atoms with Gasteiger partial charge in [0.1, 0.15) is 24.1 Å². The van der Waals surface area contributed by atoms with E-state index in [-0.39, 0.29) is 25.3 Å². The molecule has 0 fully saturated rings. The number of hydrogen-bond donors (Lipinski definition) is 3. The lowest BCUT2D eigenvalue weighted by molar-refractivity contribution is -0.123. The van der Waals surface area contributed by atoms with Gasteiger partial charge in [-0.3, -0.25) is 9.59 Å². The van der Waals surface area contributed by atoms with E-state index >= 15 is 0 Å². The summed E-state index contributed by atoms with van der Waals surface area (Å²) in [7, 11) is 0. The second kappa shape index (κ2) is 14.7. The molecule has 0 spiro atoms. The van der Waals surface area contributed by atoms with Crippen LogP contribution in [0.5, 0.6) is 11.5 Å². The molecule has 3 aromatic carbocycles. The lowest BCUT2D eigenvalue weighted by atomic mass is 10.0. The molecular weight excluding hydrogens is 494 g/mol. The van der Waals surface area contributed by atoms with Crippen molar-refractivity contribution in [3.63, 3.8) is 0 Å². The lowest BCUT2D eigenvalue weighted by Crippen LogP contribution is -2.48. The highest BCUT2D eigenvalue weighted by molar-refractivity contribution is 5.97. The molecule has 202 valence electrons. The van der Waals surface area contributed by atoms with Crippen LogP contribution < -0.4 is 20.1 Å². The van der Waals surface area contributed by atoms with Crippen molar-refractivity contribution in [1.29, 1.82) is 0 Å². The molecule has 0 heterocycles. The number of aliphatic hydroxyl groups excluding tert-OH is 1. The molecule has 1 unspecified atom stereocenters. The number of ether oxygens (including phenoxy) is 2. The predicted molar refractivity (Wildman–Crippen MR) is 140 cm³/mol. The van der Waals surface area contributed by atoms with E-state index in [4.69, 9.17) is 14.6 Å². The Morgan fingerprint density at radius 1 is 0.868 bits per heavy atom. The molecule has 3 rings (SSSR count). The molecule has 0 saturated heterocycles.